The predicted molar refractivity (Wildman–Crippen MR) is 72.4 cm³/mol. The average molecular weight is 261 g/mol. The van der Waals surface area contributed by atoms with Crippen LogP contribution in [0.2, 0.25) is 0 Å². The molecule has 1 fully saturated rings. The molecule has 18 heavy (non-hydrogen) atoms. The Bertz CT molecular complexity index is 547. The number of aromatic nitrogens is 1. The highest BCUT2D eigenvalue weighted by atomic mass is 32.1. The molecule has 1 aliphatic rings. The van der Waals surface area contributed by atoms with Gasteiger partial charge in [0, 0.05) is 0 Å². The maximum Gasteiger partial charge on any atom is 0.231 e. The van der Waals surface area contributed by atoms with Crippen molar-refractivity contribution in [2.75, 3.05) is 13.1 Å². The molecule has 2 heterocycles. The fourth-order valence-electron chi connectivity index (χ4n) is 2.53. The molecule has 0 saturated carbocycles. The van der Waals surface area contributed by atoms with Gasteiger partial charge in [-0.2, -0.15) is 0 Å². The van der Waals surface area contributed by atoms with E-state index in [-0.39, 0.29) is 11.9 Å². The van der Waals surface area contributed by atoms with Gasteiger partial charge < -0.3 is 5.73 Å². The number of carbonyl (C=O) groups is 1. The summed E-state index contributed by atoms with van der Waals surface area (Å²) < 4.78 is 1.21. The van der Waals surface area contributed by atoms with E-state index in [1.165, 1.54) is 4.70 Å². The molecule has 2 aromatic rings. The molecule has 3 rings (SSSR count). The summed E-state index contributed by atoms with van der Waals surface area (Å²) >= 11 is 1.72. The van der Waals surface area contributed by atoms with Crippen molar-refractivity contribution in [2.24, 2.45) is 5.73 Å². The zero-order chi connectivity index (χ0) is 12.5. The van der Waals surface area contributed by atoms with Gasteiger partial charge in [-0.3, -0.25) is 9.69 Å². The summed E-state index contributed by atoms with van der Waals surface area (Å²) in [6, 6.07) is 8.41. The van der Waals surface area contributed by atoms with Crippen molar-refractivity contribution in [3.8, 4) is 0 Å². The maximum absolute atomic E-state index is 11.1. The van der Waals surface area contributed by atoms with Gasteiger partial charge in [0.05, 0.1) is 22.8 Å². The van der Waals surface area contributed by atoms with Gasteiger partial charge in [-0.05, 0) is 31.5 Å². The van der Waals surface area contributed by atoms with E-state index in [9.17, 15) is 4.79 Å². The molecule has 1 aliphatic heterocycles. The van der Waals surface area contributed by atoms with Crippen molar-refractivity contribution in [2.45, 2.75) is 18.9 Å². The van der Waals surface area contributed by atoms with Crippen molar-refractivity contribution in [1.82, 2.24) is 9.88 Å². The number of fused-ring (bicyclic) bond motifs is 1. The van der Waals surface area contributed by atoms with Crippen LogP contribution in [-0.4, -0.2) is 28.9 Å². The maximum atomic E-state index is 11.1. The summed E-state index contributed by atoms with van der Waals surface area (Å²) in [5.74, 6) is -0.261. The van der Waals surface area contributed by atoms with E-state index >= 15 is 0 Å². The number of likely N-dealkylation sites (tertiary alicyclic amines) is 1. The number of nitrogens with zero attached hydrogens (tertiary/aromatic N) is 2. The summed E-state index contributed by atoms with van der Waals surface area (Å²) in [6.45, 7) is 1.27. The van der Waals surface area contributed by atoms with E-state index < -0.39 is 0 Å². The number of carbonyl (C=O) groups excluding carboxylic acids is 1. The normalized spacial score (nSPS) is 20.6. The molecule has 0 bridgehead atoms. The molecule has 1 atom stereocenters. The van der Waals surface area contributed by atoms with Crippen molar-refractivity contribution in [1.29, 1.82) is 0 Å². The van der Waals surface area contributed by atoms with E-state index in [2.05, 4.69) is 16.0 Å². The van der Waals surface area contributed by atoms with E-state index in [1.807, 2.05) is 18.2 Å². The number of rotatable bonds is 3. The van der Waals surface area contributed by atoms with Gasteiger partial charge in [-0.15, -0.1) is 11.3 Å². The summed E-state index contributed by atoms with van der Waals surface area (Å²) in [7, 11) is 0. The molecule has 0 unspecified atom stereocenters. The summed E-state index contributed by atoms with van der Waals surface area (Å²) in [6.07, 6.45) is 2.17. The number of benzene rings is 1. The Morgan fingerprint density at radius 1 is 1.50 bits per heavy atom. The highest BCUT2D eigenvalue weighted by Gasteiger charge is 2.29. The van der Waals surface area contributed by atoms with Crippen LogP contribution in [0.3, 0.4) is 0 Å². The highest BCUT2D eigenvalue weighted by Crippen LogP contribution is 2.35. The lowest BCUT2D eigenvalue weighted by Gasteiger charge is -2.20. The number of para-hydroxylation sites is 1. The van der Waals surface area contributed by atoms with Crippen molar-refractivity contribution >= 4 is 27.5 Å². The van der Waals surface area contributed by atoms with Gasteiger partial charge in [0.1, 0.15) is 5.01 Å². The molecular weight excluding hydrogens is 246 g/mol. The average Bonchev–Trinajstić information content (AvgIpc) is 2.93. The van der Waals surface area contributed by atoms with E-state index in [1.54, 1.807) is 11.3 Å². The van der Waals surface area contributed by atoms with Gasteiger partial charge in [0.25, 0.3) is 0 Å². The van der Waals surface area contributed by atoms with E-state index in [4.69, 9.17) is 5.73 Å². The first-order chi connectivity index (χ1) is 8.74. The molecule has 2 N–H and O–H groups in total. The molecule has 1 saturated heterocycles. The quantitative estimate of drug-likeness (QED) is 0.918. The van der Waals surface area contributed by atoms with Gasteiger partial charge >= 0.3 is 0 Å². The van der Waals surface area contributed by atoms with Crippen LogP contribution in [0.5, 0.6) is 0 Å². The molecule has 4 nitrogen and oxygen atoms in total. The Kier molecular flexibility index (Phi) is 3.01. The zero-order valence-corrected chi connectivity index (χ0v) is 10.8. The molecule has 1 amide bonds. The second-order valence-electron chi connectivity index (χ2n) is 4.61. The standard InChI is InChI=1S/C13H15N3OS/c14-12(17)8-16-7-3-5-10(16)13-15-9-4-1-2-6-11(9)18-13/h1-2,4,6,10H,3,5,7-8H2,(H2,14,17)/t10-/m1/s1. The Morgan fingerprint density at radius 3 is 3.11 bits per heavy atom. The van der Waals surface area contributed by atoms with Gasteiger partial charge in [0.2, 0.25) is 5.91 Å². The van der Waals surface area contributed by atoms with Gasteiger partial charge in [-0.1, -0.05) is 12.1 Å². The van der Waals surface area contributed by atoms with Crippen LogP contribution < -0.4 is 5.73 Å². The molecule has 1 aromatic carbocycles. The number of hydrogen-bond donors (Lipinski definition) is 1. The fraction of sp³-hybridized carbons (Fsp3) is 0.385. The minimum absolute atomic E-state index is 0.259. The Morgan fingerprint density at radius 2 is 2.33 bits per heavy atom. The lowest BCUT2D eigenvalue weighted by atomic mass is 10.2. The molecule has 0 aliphatic carbocycles. The number of nitrogens with two attached hydrogens (primary N) is 1. The topological polar surface area (TPSA) is 59.2 Å². The number of hydrogen-bond acceptors (Lipinski definition) is 4. The number of primary amides is 1. The van der Waals surface area contributed by atoms with Crippen molar-refractivity contribution in [3.63, 3.8) is 0 Å². The fourth-order valence-corrected chi connectivity index (χ4v) is 3.66. The first-order valence-corrected chi connectivity index (χ1v) is 6.93. The second kappa shape index (κ2) is 4.66. The molecular formula is C13H15N3OS. The van der Waals surface area contributed by atoms with Crippen molar-refractivity contribution in [3.05, 3.63) is 29.3 Å². The SMILES string of the molecule is NC(=O)CN1CCC[C@@H]1c1nc2ccccc2s1. The van der Waals surface area contributed by atoms with Crippen LogP contribution in [0, 0.1) is 0 Å². The Balaban J connectivity index is 1.90. The summed E-state index contributed by atoms with van der Waals surface area (Å²) in [5.41, 5.74) is 6.33. The van der Waals surface area contributed by atoms with Crippen LogP contribution >= 0.6 is 11.3 Å². The molecule has 1 aromatic heterocycles. The third-order valence-corrected chi connectivity index (χ3v) is 4.46. The van der Waals surface area contributed by atoms with Crippen LogP contribution in [0.4, 0.5) is 0 Å². The molecule has 5 heteroatoms. The zero-order valence-electron chi connectivity index (χ0n) is 10.0. The van der Waals surface area contributed by atoms with Gasteiger partial charge in [0.15, 0.2) is 0 Å². The minimum atomic E-state index is -0.261. The third kappa shape index (κ3) is 2.11. The first kappa shape index (κ1) is 11.6. The third-order valence-electron chi connectivity index (χ3n) is 3.32. The van der Waals surface area contributed by atoms with Crippen LogP contribution in [0.15, 0.2) is 24.3 Å². The first-order valence-electron chi connectivity index (χ1n) is 6.12. The molecule has 94 valence electrons. The monoisotopic (exact) mass is 261 g/mol. The van der Waals surface area contributed by atoms with Crippen molar-refractivity contribution < 1.29 is 4.79 Å². The lowest BCUT2D eigenvalue weighted by Crippen LogP contribution is -2.33. The number of amides is 1. The Hall–Kier alpha value is -1.46. The number of thiazole rings is 1. The van der Waals surface area contributed by atoms with Gasteiger partial charge in [-0.25, -0.2) is 4.98 Å². The van der Waals surface area contributed by atoms with Crippen LogP contribution in [0.1, 0.15) is 23.9 Å². The second-order valence-corrected chi connectivity index (χ2v) is 5.68. The largest absolute Gasteiger partial charge is 0.369 e. The smallest absolute Gasteiger partial charge is 0.231 e. The highest BCUT2D eigenvalue weighted by molar-refractivity contribution is 7.18. The summed E-state index contributed by atoms with van der Waals surface area (Å²) in [4.78, 5) is 17.9. The van der Waals surface area contributed by atoms with Crippen LogP contribution in [-0.2, 0) is 4.79 Å². The molecule has 0 radical (unpaired) electrons. The Labute approximate surface area is 109 Å². The van der Waals surface area contributed by atoms with E-state index in [0.29, 0.717) is 6.54 Å². The lowest BCUT2D eigenvalue weighted by molar-refractivity contribution is -0.119. The molecule has 0 spiro atoms. The predicted octanol–water partition coefficient (Wildman–Crippen LogP) is 1.92. The van der Waals surface area contributed by atoms with Crippen LogP contribution in [0.25, 0.3) is 10.2 Å². The van der Waals surface area contributed by atoms with E-state index in [0.717, 1.165) is 29.9 Å². The minimum Gasteiger partial charge on any atom is -0.369 e. The summed E-state index contributed by atoms with van der Waals surface area (Å²) in [5, 5.41) is 1.11.